The van der Waals surface area contributed by atoms with Crippen LogP contribution in [0, 0.1) is 6.92 Å². The Balaban J connectivity index is 2.34. The zero-order valence-corrected chi connectivity index (χ0v) is 16.2. The Morgan fingerprint density at radius 2 is 1.84 bits per heavy atom. The van der Waals surface area contributed by atoms with Gasteiger partial charge in [0.25, 0.3) is 0 Å². The predicted octanol–water partition coefficient (Wildman–Crippen LogP) is 6.39. The molecule has 1 unspecified atom stereocenters. The van der Waals surface area contributed by atoms with E-state index in [4.69, 9.17) is 11.6 Å². The third-order valence-electron chi connectivity index (χ3n) is 2.71. The van der Waals surface area contributed by atoms with E-state index in [1.54, 1.807) is 22.7 Å². The molecule has 2 rings (SSSR count). The minimum Gasteiger partial charge on any atom is -0.305 e. The Kier molecular flexibility index (Phi) is 5.93. The van der Waals surface area contributed by atoms with Crippen LogP contribution in [0.4, 0.5) is 0 Å². The van der Waals surface area contributed by atoms with Crippen molar-refractivity contribution in [1.82, 2.24) is 5.32 Å². The normalized spacial score (nSPS) is 12.9. The van der Waals surface area contributed by atoms with Crippen LogP contribution >= 0.6 is 66.1 Å². The van der Waals surface area contributed by atoms with Crippen LogP contribution in [0.2, 0.25) is 5.02 Å². The predicted molar refractivity (Wildman–Crippen MR) is 93.9 cm³/mol. The van der Waals surface area contributed by atoms with Crippen LogP contribution in [-0.4, -0.2) is 6.54 Å². The van der Waals surface area contributed by atoms with Gasteiger partial charge in [0.05, 0.1) is 18.6 Å². The highest BCUT2D eigenvalue weighted by Crippen LogP contribution is 2.40. The van der Waals surface area contributed by atoms with Gasteiger partial charge < -0.3 is 5.32 Å². The highest BCUT2D eigenvalue weighted by Gasteiger charge is 2.20. The Hall–Kier alpha value is 0.610. The number of halogens is 3. The summed E-state index contributed by atoms with van der Waals surface area (Å²) in [6, 6.07) is 4.51. The molecule has 0 aliphatic heterocycles. The molecule has 0 fully saturated rings. The summed E-state index contributed by atoms with van der Waals surface area (Å²) in [5, 5.41) is 4.39. The molecular weight excluding hydrogens is 430 g/mol. The minimum atomic E-state index is 0.226. The van der Waals surface area contributed by atoms with Crippen molar-refractivity contribution in [2.45, 2.75) is 26.3 Å². The van der Waals surface area contributed by atoms with Gasteiger partial charge in [-0.2, -0.15) is 0 Å². The number of nitrogens with one attached hydrogen (secondary N) is 1. The Labute approximate surface area is 143 Å². The molecule has 2 aromatic heterocycles. The average molecular weight is 444 g/mol. The van der Waals surface area contributed by atoms with E-state index in [0.29, 0.717) is 0 Å². The fourth-order valence-electron chi connectivity index (χ4n) is 1.76. The number of rotatable bonds is 5. The second-order valence-corrected chi connectivity index (χ2v) is 9.47. The maximum absolute atomic E-state index is 6.16. The molecule has 1 nitrogen and oxygen atoms in total. The summed E-state index contributed by atoms with van der Waals surface area (Å²) in [6.45, 7) is 5.29. The summed E-state index contributed by atoms with van der Waals surface area (Å²) in [6.07, 6.45) is 1.11. The van der Waals surface area contributed by atoms with E-state index in [1.165, 1.54) is 19.1 Å². The number of hydrogen-bond acceptors (Lipinski definition) is 3. The molecule has 0 saturated heterocycles. The monoisotopic (exact) mass is 441 g/mol. The average Bonchev–Trinajstić information content (AvgIpc) is 2.85. The summed E-state index contributed by atoms with van der Waals surface area (Å²) in [7, 11) is 0. The van der Waals surface area contributed by atoms with Crippen molar-refractivity contribution >= 4 is 66.1 Å². The Morgan fingerprint density at radius 1 is 1.21 bits per heavy atom. The van der Waals surface area contributed by atoms with Crippen LogP contribution < -0.4 is 5.32 Å². The number of aryl methyl sites for hydroxylation is 1. The zero-order chi connectivity index (χ0) is 14.0. The standard InChI is InChI=1S/C13H14Br2ClNS2/c1-3-4-17-11(9-5-7(2)12(14)18-9)10-6-8(16)13(15)19-10/h5-6,11,17H,3-4H2,1-2H3. The lowest BCUT2D eigenvalue weighted by Gasteiger charge is -2.15. The summed E-state index contributed by atoms with van der Waals surface area (Å²) in [4.78, 5) is 2.57. The molecule has 0 bridgehead atoms. The van der Waals surface area contributed by atoms with Crippen LogP contribution in [0.25, 0.3) is 0 Å². The van der Waals surface area contributed by atoms with E-state index in [9.17, 15) is 0 Å². The Morgan fingerprint density at radius 3 is 2.32 bits per heavy atom. The van der Waals surface area contributed by atoms with Gasteiger partial charge in [0.15, 0.2) is 0 Å². The molecule has 104 valence electrons. The summed E-state index contributed by atoms with van der Waals surface area (Å²) in [5.74, 6) is 0. The van der Waals surface area contributed by atoms with Crippen molar-refractivity contribution in [2.24, 2.45) is 0 Å². The highest BCUT2D eigenvalue weighted by atomic mass is 79.9. The third kappa shape index (κ3) is 3.83. The molecule has 19 heavy (non-hydrogen) atoms. The minimum absolute atomic E-state index is 0.226. The molecular formula is C13H14Br2ClNS2. The molecule has 1 atom stereocenters. The van der Waals surface area contributed by atoms with Crippen LogP contribution in [0.3, 0.4) is 0 Å². The fraction of sp³-hybridized carbons (Fsp3) is 0.385. The van der Waals surface area contributed by atoms with Crippen molar-refractivity contribution in [3.8, 4) is 0 Å². The van der Waals surface area contributed by atoms with Crippen LogP contribution in [0.15, 0.2) is 19.7 Å². The molecule has 6 heteroatoms. The van der Waals surface area contributed by atoms with Gasteiger partial charge in [-0.3, -0.25) is 0 Å². The smallest absolute Gasteiger partial charge is 0.0888 e. The van der Waals surface area contributed by atoms with Gasteiger partial charge in [-0.1, -0.05) is 18.5 Å². The largest absolute Gasteiger partial charge is 0.305 e. The number of hydrogen-bond donors (Lipinski definition) is 1. The van der Waals surface area contributed by atoms with Gasteiger partial charge in [-0.05, 0) is 69.4 Å². The van der Waals surface area contributed by atoms with Crippen molar-refractivity contribution in [3.05, 3.63) is 40.0 Å². The van der Waals surface area contributed by atoms with Gasteiger partial charge in [0, 0.05) is 9.75 Å². The summed E-state index contributed by atoms with van der Waals surface area (Å²) >= 11 is 16.7. The van der Waals surface area contributed by atoms with E-state index in [1.807, 2.05) is 6.07 Å². The molecule has 0 spiro atoms. The van der Waals surface area contributed by atoms with E-state index < -0.39 is 0 Å². The number of thiophene rings is 2. The van der Waals surface area contributed by atoms with Gasteiger partial charge >= 0.3 is 0 Å². The molecule has 0 amide bonds. The maximum Gasteiger partial charge on any atom is 0.0888 e. The second kappa shape index (κ2) is 7.05. The zero-order valence-electron chi connectivity index (χ0n) is 10.6. The molecule has 0 saturated carbocycles. The lowest BCUT2D eigenvalue weighted by molar-refractivity contribution is 0.613. The van der Waals surface area contributed by atoms with Crippen LogP contribution in [0.1, 0.15) is 34.7 Å². The van der Waals surface area contributed by atoms with Gasteiger partial charge in [0.1, 0.15) is 0 Å². The lowest BCUT2D eigenvalue weighted by atomic mass is 10.2. The molecule has 2 aromatic rings. The van der Waals surface area contributed by atoms with E-state index in [-0.39, 0.29) is 6.04 Å². The first-order valence-electron chi connectivity index (χ1n) is 5.96. The van der Waals surface area contributed by atoms with E-state index >= 15 is 0 Å². The molecule has 0 aliphatic carbocycles. The quantitative estimate of drug-likeness (QED) is 0.565. The molecule has 0 radical (unpaired) electrons. The molecule has 0 aromatic carbocycles. The lowest BCUT2D eigenvalue weighted by Crippen LogP contribution is -2.21. The van der Waals surface area contributed by atoms with E-state index in [2.05, 4.69) is 57.1 Å². The van der Waals surface area contributed by atoms with Crippen molar-refractivity contribution in [1.29, 1.82) is 0 Å². The van der Waals surface area contributed by atoms with Crippen molar-refractivity contribution in [3.63, 3.8) is 0 Å². The topological polar surface area (TPSA) is 12.0 Å². The summed E-state index contributed by atoms with van der Waals surface area (Å²) in [5.41, 5.74) is 1.28. The summed E-state index contributed by atoms with van der Waals surface area (Å²) < 4.78 is 2.20. The van der Waals surface area contributed by atoms with E-state index in [0.717, 1.165) is 21.8 Å². The van der Waals surface area contributed by atoms with Gasteiger partial charge in [0.2, 0.25) is 0 Å². The highest BCUT2D eigenvalue weighted by molar-refractivity contribution is 9.11. The van der Waals surface area contributed by atoms with Gasteiger partial charge in [-0.15, -0.1) is 22.7 Å². The molecule has 2 heterocycles. The first-order valence-corrected chi connectivity index (χ1v) is 9.56. The first-order chi connectivity index (χ1) is 9.02. The molecule has 0 aliphatic rings. The maximum atomic E-state index is 6.16. The second-order valence-electron chi connectivity index (χ2n) is 4.26. The van der Waals surface area contributed by atoms with Crippen LogP contribution in [0.5, 0.6) is 0 Å². The molecule has 1 N–H and O–H groups in total. The van der Waals surface area contributed by atoms with Gasteiger partial charge in [-0.25, -0.2) is 0 Å². The fourth-order valence-corrected chi connectivity index (χ4v) is 5.34. The van der Waals surface area contributed by atoms with Crippen LogP contribution in [-0.2, 0) is 0 Å². The first kappa shape index (κ1) is 16.0. The van der Waals surface area contributed by atoms with Crippen molar-refractivity contribution in [2.75, 3.05) is 6.54 Å². The third-order valence-corrected chi connectivity index (χ3v) is 7.45. The SMILES string of the molecule is CCCNC(c1cc(C)c(Br)s1)c1cc(Cl)c(Br)s1. The van der Waals surface area contributed by atoms with Crippen molar-refractivity contribution < 1.29 is 0 Å². The Bertz CT molecular complexity index is 480.